The van der Waals surface area contributed by atoms with Crippen molar-refractivity contribution in [1.29, 1.82) is 0 Å². The minimum Gasteiger partial charge on any atom is -0.453 e. The molecule has 0 radical (unpaired) electrons. The molecule has 1 fully saturated rings. The zero-order chi connectivity index (χ0) is 26.2. The number of nitrogens with zero attached hydrogens (tertiary/aromatic N) is 2. The van der Waals surface area contributed by atoms with E-state index in [0.717, 1.165) is 30.4 Å². The van der Waals surface area contributed by atoms with Crippen LogP contribution in [0, 0.1) is 0 Å². The minimum absolute atomic E-state index is 0.0523. The number of benzene rings is 1. The number of aliphatic hydroxyl groups excluding tert-OH is 1. The minimum atomic E-state index is -3.36. The maximum Gasteiger partial charge on any atom is 0.407 e. The van der Waals surface area contributed by atoms with Crippen LogP contribution >= 0.6 is 11.6 Å². The van der Waals surface area contributed by atoms with Crippen LogP contribution in [-0.4, -0.2) is 70.6 Å². The summed E-state index contributed by atoms with van der Waals surface area (Å²) in [4.78, 5) is 22.9. The number of imidazole rings is 1. The number of aromatic nitrogens is 3. The molecule has 2 aromatic heterocycles. The molecule has 3 atom stereocenters. The molecule has 2 aliphatic rings. The van der Waals surface area contributed by atoms with Gasteiger partial charge < -0.3 is 29.6 Å². The lowest BCUT2D eigenvalue weighted by Crippen LogP contribution is -2.43. The van der Waals surface area contributed by atoms with Gasteiger partial charge in [0.2, 0.25) is 0 Å². The Bertz CT molecular complexity index is 1330. The largest absolute Gasteiger partial charge is 0.453 e. The summed E-state index contributed by atoms with van der Waals surface area (Å²) < 4.78 is 43.5. The highest BCUT2D eigenvalue weighted by Gasteiger charge is 2.55. The SMILES string of the molecule is COC(=O)NC1CC=C(c2ccc(-c3nc4nc(O[C@@H]5CO[C@H](CO)C5(F)F)[nH]c4cc3Cl)cc2)CC1. The van der Waals surface area contributed by atoms with Gasteiger partial charge in [-0.05, 0) is 36.5 Å². The summed E-state index contributed by atoms with van der Waals surface area (Å²) in [5.41, 5.74) is 4.21. The van der Waals surface area contributed by atoms with Crippen LogP contribution in [0.3, 0.4) is 0 Å². The predicted octanol–water partition coefficient (Wildman–Crippen LogP) is 4.34. The molecule has 1 aliphatic carbocycles. The number of allylic oxidation sites excluding steroid dienone is 1. The van der Waals surface area contributed by atoms with Crippen molar-refractivity contribution in [2.45, 2.75) is 43.4 Å². The molecule has 0 spiro atoms. The normalized spacial score (nSPS) is 23.1. The van der Waals surface area contributed by atoms with Crippen molar-refractivity contribution in [1.82, 2.24) is 20.3 Å². The molecular weight excluding hydrogens is 510 g/mol. The summed E-state index contributed by atoms with van der Waals surface area (Å²) in [6.45, 7) is -1.18. The third-order valence-corrected chi connectivity index (χ3v) is 6.87. The summed E-state index contributed by atoms with van der Waals surface area (Å²) >= 11 is 6.48. The molecule has 12 heteroatoms. The first-order chi connectivity index (χ1) is 17.8. The number of alkyl carbamates (subject to hydrolysis) is 1. The molecule has 3 aromatic rings. The van der Waals surface area contributed by atoms with Gasteiger partial charge in [0.25, 0.3) is 6.01 Å². The Morgan fingerprint density at radius 1 is 1.30 bits per heavy atom. The number of hydrogen-bond acceptors (Lipinski definition) is 7. The quantitative estimate of drug-likeness (QED) is 0.430. The van der Waals surface area contributed by atoms with E-state index in [9.17, 15) is 13.6 Å². The first-order valence-corrected chi connectivity index (χ1v) is 12.1. The molecule has 3 heterocycles. The van der Waals surface area contributed by atoms with Crippen LogP contribution in [0.15, 0.2) is 36.4 Å². The number of H-pyrrole nitrogens is 1. The van der Waals surface area contributed by atoms with Crippen LogP contribution in [0.2, 0.25) is 5.02 Å². The fourth-order valence-corrected chi connectivity index (χ4v) is 4.76. The van der Waals surface area contributed by atoms with Crippen LogP contribution in [0.1, 0.15) is 24.8 Å². The lowest BCUT2D eigenvalue weighted by molar-refractivity contribution is -0.118. The van der Waals surface area contributed by atoms with Gasteiger partial charge in [0, 0.05) is 11.6 Å². The molecule has 196 valence electrons. The summed E-state index contributed by atoms with van der Waals surface area (Å²) in [6.07, 6.45) is 0.834. The molecule has 1 aliphatic heterocycles. The van der Waals surface area contributed by atoms with Gasteiger partial charge in [0.1, 0.15) is 6.10 Å². The second kappa shape index (κ2) is 10.2. The predicted molar refractivity (Wildman–Crippen MR) is 132 cm³/mol. The van der Waals surface area contributed by atoms with E-state index in [2.05, 4.69) is 31.1 Å². The number of ether oxygens (including phenoxy) is 3. The Kier molecular flexibility index (Phi) is 7.02. The highest BCUT2D eigenvalue weighted by molar-refractivity contribution is 6.33. The Hall–Kier alpha value is -3.28. The molecule has 1 amide bonds. The van der Waals surface area contributed by atoms with Crippen LogP contribution < -0.4 is 10.1 Å². The van der Waals surface area contributed by atoms with Gasteiger partial charge in [-0.15, -0.1) is 0 Å². The van der Waals surface area contributed by atoms with Crippen molar-refractivity contribution in [2.24, 2.45) is 0 Å². The van der Waals surface area contributed by atoms with E-state index in [4.69, 9.17) is 26.2 Å². The average Bonchev–Trinajstić information content (AvgIpc) is 3.42. The van der Waals surface area contributed by atoms with Crippen LogP contribution in [0.4, 0.5) is 13.6 Å². The molecule has 5 rings (SSSR count). The molecule has 0 bridgehead atoms. The number of pyridine rings is 1. The molecule has 9 nitrogen and oxygen atoms in total. The standard InChI is InChI=1S/C25H25ClF2N4O5/c1-35-24(34)29-16-8-6-14(7-9-16)13-2-4-15(5-3-13)21-17(26)10-18-22(31-21)32-23(30-18)37-20-12-36-19(11-33)25(20,27)28/h2-6,10,16,19-20,33H,7-9,11-12H2,1H3,(H,29,34)(H,30,31,32)/t16?,19-,20-/m1/s1. The number of aliphatic hydroxyl groups is 1. The lowest BCUT2D eigenvalue weighted by Gasteiger charge is -2.22. The number of amides is 1. The molecule has 0 saturated carbocycles. The topological polar surface area (TPSA) is 119 Å². The number of methoxy groups -OCH3 is 1. The van der Waals surface area contributed by atoms with Crippen molar-refractivity contribution >= 4 is 34.4 Å². The number of hydrogen-bond donors (Lipinski definition) is 3. The van der Waals surface area contributed by atoms with Crippen molar-refractivity contribution in [3.05, 3.63) is 47.0 Å². The summed E-state index contributed by atoms with van der Waals surface area (Å²) in [7, 11) is 1.35. The van der Waals surface area contributed by atoms with Gasteiger partial charge in [-0.2, -0.15) is 13.8 Å². The van der Waals surface area contributed by atoms with E-state index in [1.54, 1.807) is 6.07 Å². The second-order valence-corrected chi connectivity index (χ2v) is 9.34. The Balaban J connectivity index is 1.31. The number of fused-ring (bicyclic) bond motifs is 1. The van der Waals surface area contributed by atoms with Gasteiger partial charge in [-0.1, -0.05) is 41.9 Å². The summed E-state index contributed by atoms with van der Waals surface area (Å²) in [6, 6.07) is 9.31. The van der Waals surface area contributed by atoms with Gasteiger partial charge in [-0.25, -0.2) is 9.78 Å². The van der Waals surface area contributed by atoms with Gasteiger partial charge in [0.05, 0.1) is 36.6 Å². The van der Waals surface area contributed by atoms with E-state index >= 15 is 0 Å². The van der Waals surface area contributed by atoms with Gasteiger partial charge in [-0.3, -0.25) is 0 Å². The zero-order valence-corrected chi connectivity index (χ0v) is 20.6. The monoisotopic (exact) mass is 534 g/mol. The number of nitrogens with one attached hydrogen (secondary N) is 2. The molecule has 1 saturated heterocycles. The fraction of sp³-hybridized carbons (Fsp3) is 0.400. The highest BCUT2D eigenvalue weighted by Crippen LogP contribution is 2.36. The smallest absolute Gasteiger partial charge is 0.407 e. The zero-order valence-electron chi connectivity index (χ0n) is 19.8. The highest BCUT2D eigenvalue weighted by atomic mass is 35.5. The van der Waals surface area contributed by atoms with Crippen molar-refractivity contribution < 1.29 is 32.9 Å². The number of carbonyl (C=O) groups is 1. The molecule has 3 N–H and O–H groups in total. The maximum absolute atomic E-state index is 14.3. The van der Waals surface area contributed by atoms with Crippen LogP contribution in [0.25, 0.3) is 28.0 Å². The average molecular weight is 535 g/mol. The van der Waals surface area contributed by atoms with E-state index in [0.29, 0.717) is 16.2 Å². The Morgan fingerprint density at radius 3 is 2.70 bits per heavy atom. The number of carbonyl (C=O) groups excluding carboxylic acids is 1. The number of halogens is 3. The van der Waals surface area contributed by atoms with E-state index in [-0.39, 0.29) is 24.3 Å². The molecule has 1 aromatic carbocycles. The molecular formula is C25H25ClF2N4O5. The maximum atomic E-state index is 14.3. The van der Waals surface area contributed by atoms with Crippen molar-refractivity contribution in [3.63, 3.8) is 0 Å². The number of rotatable bonds is 6. The first-order valence-electron chi connectivity index (χ1n) is 11.8. The van der Waals surface area contributed by atoms with E-state index in [1.807, 2.05) is 24.3 Å². The van der Waals surface area contributed by atoms with E-state index in [1.165, 1.54) is 12.7 Å². The summed E-state index contributed by atoms with van der Waals surface area (Å²) in [5.74, 6) is -3.36. The molecule has 1 unspecified atom stereocenters. The van der Waals surface area contributed by atoms with Gasteiger partial charge >= 0.3 is 12.0 Å². The number of alkyl halides is 2. The third kappa shape index (κ3) is 5.11. The second-order valence-electron chi connectivity index (χ2n) is 8.93. The Labute approximate surface area is 215 Å². The van der Waals surface area contributed by atoms with Crippen molar-refractivity contribution in [3.8, 4) is 17.3 Å². The van der Waals surface area contributed by atoms with Gasteiger partial charge in [0.15, 0.2) is 11.8 Å². The third-order valence-electron chi connectivity index (χ3n) is 6.58. The Morgan fingerprint density at radius 2 is 2.05 bits per heavy atom. The van der Waals surface area contributed by atoms with Crippen molar-refractivity contribution in [2.75, 3.05) is 20.3 Å². The van der Waals surface area contributed by atoms with Crippen LogP contribution in [0.5, 0.6) is 6.01 Å². The molecule has 37 heavy (non-hydrogen) atoms. The first kappa shape index (κ1) is 25.4. The number of aromatic amines is 1. The lowest BCUT2D eigenvalue weighted by atomic mass is 9.90. The van der Waals surface area contributed by atoms with E-state index < -0.39 is 30.8 Å². The fourth-order valence-electron chi connectivity index (χ4n) is 4.50. The summed E-state index contributed by atoms with van der Waals surface area (Å²) in [5, 5.41) is 12.3. The van der Waals surface area contributed by atoms with Crippen LogP contribution in [-0.2, 0) is 9.47 Å².